The number of nitrogens with one attached hydrogen (secondary N) is 1. The highest BCUT2D eigenvalue weighted by Gasteiger charge is 2.25. The summed E-state index contributed by atoms with van der Waals surface area (Å²) in [5.41, 5.74) is 0.734. The van der Waals surface area contributed by atoms with Crippen LogP contribution in [0.15, 0.2) is 11.6 Å². The lowest BCUT2D eigenvalue weighted by atomic mass is 10.1. The second-order valence-electron chi connectivity index (χ2n) is 4.78. The van der Waals surface area contributed by atoms with Gasteiger partial charge < -0.3 is 4.90 Å². The number of carbonyl (C=O) groups excluding carboxylic acids is 1. The molecule has 0 aromatic rings. The van der Waals surface area contributed by atoms with Gasteiger partial charge in [-0.3, -0.25) is 4.79 Å². The van der Waals surface area contributed by atoms with Gasteiger partial charge in [0.1, 0.15) is 0 Å². The van der Waals surface area contributed by atoms with E-state index in [9.17, 15) is 13.2 Å². The fraction of sp³-hybridized carbons (Fsp3) is 0.750. The molecular weight excluding hydrogens is 252 g/mol. The Labute approximate surface area is 109 Å². The summed E-state index contributed by atoms with van der Waals surface area (Å²) >= 11 is 0. The van der Waals surface area contributed by atoms with E-state index in [-0.39, 0.29) is 11.9 Å². The number of hydrogen-bond donors (Lipinski definition) is 1. The number of amides is 1. The lowest BCUT2D eigenvalue weighted by Gasteiger charge is -2.33. The summed E-state index contributed by atoms with van der Waals surface area (Å²) in [7, 11) is -3.21. The van der Waals surface area contributed by atoms with Crippen molar-refractivity contribution in [3.8, 4) is 0 Å². The van der Waals surface area contributed by atoms with E-state index in [2.05, 4.69) is 4.72 Å². The lowest BCUT2D eigenvalue weighted by molar-refractivity contribution is -0.128. The van der Waals surface area contributed by atoms with E-state index in [1.165, 1.54) is 0 Å². The van der Waals surface area contributed by atoms with Gasteiger partial charge in [-0.15, -0.1) is 0 Å². The van der Waals surface area contributed by atoms with E-state index in [4.69, 9.17) is 0 Å². The van der Waals surface area contributed by atoms with Crippen LogP contribution in [0.1, 0.15) is 33.1 Å². The maximum absolute atomic E-state index is 12.1. The summed E-state index contributed by atoms with van der Waals surface area (Å²) in [5.74, 6) is 0.0110. The van der Waals surface area contributed by atoms with Crippen molar-refractivity contribution in [1.82, 2.24) is 9.62 Å². The van der Waals surface area contributed by atoms with Crippen molar-refractivity contribution in [2.75, 3.05) is 19.3 Å². The molecule has 1 atom stereocenters. The molecule has 1 N–H and O–H groups in total. The Kier molecular flexibility index (Phi) is 5.34. The molecule has 0 saturated carbocycles. The van der Waals surface area contributed by atoms with Crippen molar-refractivity contribution >= 4 is 15.9 Å². The zero-order valence-corrected chi connectivity index (χ0v) is 12.1. The molecular formula is C12H22N2O3S. The van der Waals surface area contributed by atoms with Gasteiger partial charge in [0.15, 0.2) is 0 Å². The Balaban J connectivity index is 2.64. The smallest absolute Gasteiger partial charge is 0.249 e. The lowest BCUT2D eigenvalue weighted by Crippen LogP contribution is -2.49. The van der Waals surface area contributed by atoms with E-state index in [1.54, 1.807) is 11.8 Å². The average molecular weight is 274 g/mol. The third-order valence-electron chi connectivity index (χ3n) is 2.94. The molecule has 1 aliphatic rings. The topological polar surface area (TPSA) is 66.5 Å². The van der Waals surface area contributed by atoms with Gasteiger partial charge in [0.25, 0.3) is 0 Å². The molecule has 1 aliphatic heterocycles. The number of piperidine rings is 1. The summed E-state index contributed by atoms with van der Waals surface area (Å²) in [6, 6.07) is -0.160. The van der Waals surface area contributed by atoms with Gasteiger partial charge in [0, 0.05) is 24.7 Å². The van der Waals surface area contributed by atoms with Crippen LogP contribution < -0.4 is 4.72 Å². The molecule has 0 aliphatic carbocycles. The van der Waals surface area contributed by atoms with Crippen LogP contribution in [0.3, 0.4) is 0 Å². The van der Waals surface area contributed by atoms with Crippen molar-refractivity contribution in [2.24, 2.45) is 0 Å². The summed E-state index contributed by atoms with van der Waals surface area (Å²) in [6.45, 7) is 4.96. The molecule has 18 heavy (non-hydrogen) atoms. The number of carbonyl (C=O) groups is 1. The van der Waals surface area contributed by atoms with E-state index in [1.807, 2.05) is 13.0 Å². The Morgan fingerprint density at radius 1 is 1.50 bits per heavy atom. The Bertz CT molecular complexity index is 429. The van der Waals surface area contributed by atoms with Gasteiger partial charge >= 0.3 is 0 Å². The first-order chi connectivity index (χ1) is 8.33. The highest BCUT2D eigenvalue weighted by molar-refractivity contribution is 7.88. The summed E-state index contributed by atoms with van der Waals surface area (Å²) < 4.78 is 24.9. The minimum atomic E-state index is -3.21. The molecule has 104 valence electrons. The third-order valence-corrected chi connectivity index (χ3v) is 3.70. The predicted molar refractivity (Wildman–Crippen MR) is 71.6 cm³/mol. The van der Waals surface area contributed by atoms with Crippen LogP contribution in [-0.2, 0) is 14.8 Å². The number of allylic oxidation sites excluding steroid dienone is 1. The molecule has 1 heterocycles. The van der Waals surface area contributed by atoms with Gasteiger partial charge in [-0.25, -0.2) is 13.1 Å². The van der Waals surface area contributed by atoms with Crippen LogP contribution in [0.4, 0.5) is 0 Å². The van der Waals surface area contributed by atoms with E-state index in [0.29, 0.717) is 13.1 Å². The molecule has 1 rings (SSSR count). The van der Waals surface area contributed by atoms with Gasteiger partial charge in [0.2, 0.25) is 15.9 Å². The molecule has 0 bridgehead atoms. The summed E-state index contributed by atoms with van der Waals surface area (Å²) in [5, 5.41) is 0. The molecule has 5 nitrogen and oxygen atoms in total. The monoisotopic (exact) mass is 274 g/mol. The Morgan fingerprint density at radius 3 is 2.72 bits per heavy atom. The fourth-order valence-electron chi connectivity index (χ4n) is 2.20. The Morgan fingerprint density at radius 2 is 2.17 bits per heavy atom. The molecule has 1 saturated heterocycles. The van der Waals surface area contributed by atoms with Gasteiger partial charge in [-0.2, -0.15) is 0 Å². The number of likely N-dealkylation sites (tertiary alicyclic amines) is 1. The van der Waals surface area contributed by atoms with Crippen LogP contribution >= 0.6 is 0 Å². The molecule has 0 aromatic heterocycles. The first-order valence-corrected chi connectivity index (χ1v) is 8.16. The van der Waals surface area contributed by atoms with Crippen LogP contribution in [0.2, 0.25) is 0 Å². The van der Waals surface area contributed by atoms with Crippen molar-refractivity contribution < 1.29 is 13.2 Å². The number of hydrogen-bond acceptors (Lipinski definition) is 3. The van der Waals surface area contributed by atoms with Crippen molar-refractivity contribution in [1.29, 1.82) is 0 Å². The van der Waals surface area contributed by atoms with Crippen LogP contribution in [0, 0.1) is 0 Å². The van der Waals surface area contributed by atoms with Gasteiger partial charge in [-0.1, -0.05) is 13.0 Å². The predicted octanol–water partition coefficient (Wildman–Crippen LogP) is 0.883. The maximum atomic E-state index is 12.1. The minimum absolute atomic E-state index is 0.0110. The first kappa shape index (κ1) is 15.2. The molecule has 0 radical (unpaired) electrons. The highest BCUT2D eigenvalue weighted by atomic mass is 32.2. The zero-order valence-electron chi connectivity index (χ0n) is 11.3. The minimum Gasteiger partial charge on any atom is -0.337 e. The normalized spacial score (nSPS) is 22.1. The number of sulfonamides is 1. The van der Waals surface area contributed by atoms with E-state index < -0.39 is 10.0 Å². The van der Waals surface area contributed by atoms with Crippen molar-refractivity contribution in [3.63, 3.8) is 0 Å². The zero-order chi connectivity index (χ0) is 13.8. The second kappa shape index (κ2) is 6.33. The second-order valence-corrected chi connectivity index (χ2v) is 6.56. The molecule has 1 fully saturated rings. The maximum Gasteiger partial charge on any atom is 0.249 e. The van der Waals surface area contributed by atoms with Crippen LogP contribution in [0.25, 0.3) is 0 Å². The van der Waals surface area contributed by atoms with Crippen LogP contribution in [-0.4, -0.2) is 44.6 Å². The van der Waals surface area contributed by atoms with E-state index >= 15 is 0 Å². The highest BCUT2D eigenvalue weighted by Crippen LogP contribution is 2.13. The molecule has 0 aromatic carbocycles. The number of rotatable bonds is 4. The van der Waals surface area contributed by atoms with Crippen molar-refractivity contribution in [2.45, 2.75) is 39.2 Å². The quantitative estimate of drug-likeness (QED) is 0.774. The SMILES string of the molecule is CC/C=C(/C)C(=O)N1CCC[C@H](NS(C)(=O)=O)C1. The molecule has 1 amide bonds. The first-order valence-electron chi connectivity index (χ1n) is 6.27. The molecule has 0 unspecified atom stereocenters. The van der Waals surface area contributed by atoms with Crippen molar-refractivity contribution in [3.05, 3.63) is 11.6 Å². The summed E-state index contributed by atoms with van der Waals surface area (Å²) in [6.07, 6.45) is 5.49. The summed E-state index contributed by atoms with van der Waals surface area (Å²) in [4.78, 5) is 13.8. The molecule has 0 spiro atoms. The fourth-order valence-corrected chi connectivity index (χ4v) is 3.00. The molecule has 6 heteroatoms. The standard InChI is InChI=1S/C12H22N2O3S/c1-4-6-10(2)12(15)14-8-5-7-11(9-14)13-18(3,16)17/h6,11,13H,4-5,7-9H2,1-3H3/b10-6-/t11-/m0/s1. The largest absolute Gasteiger partial charge is 0.337 e. The third kappa shape index (κ3) is 4.78. The number of nitrogens with zero attached hydrogens (tertiary/aromatic N) is 1. The van der Waals surface area contributed by atoms with Gasteiger partial charge in [-0.05, 0) is 26.2 Å². The van der Waals surface area contributed by atoms with E-state index in [0.717, 1.165) is 31.1 Å². The van der Waals surface area contributed by atoms with Crippen LogP contribution in [0.5, 0.6) is 0 Å². The Hall–Kier alpha value is -0.880. The average Bonchev–Trinajstić information content (AvgIpc) is 2.26. The van der Waals surface area contributed by atoms with Gasteiger partial charge in [0.05, 0.1) is 6.26 Å².